The van der Waals surface area contributed by atoms with Crippen molar-refractivity contribution in [2.45, 2.75) is 51.9 Å². The normalized spacial score (nSPS) is 27.2. The van der Waals surface area contributed by atoms with Crippen molar-refractivity contribution < 1.29 is 4.74 Å². The number of rotatable bonds is 2. The van der Waals surface area contributed by atoms with Gasteiger partial charge in [-0.3, -0.25) is 4.90 Å². The highest BCUT2D eigenvalue weighted by atomic mass is 35.5. The molecular weight excluding hydrogens is 212 g/mol. The summed E-state index contributed by atoms with van der Waals surface area (Å²) in [5.41, 5.74) is 5.86. The van der Waals surface area contributed by atoms with Crippen LogP contribution in [-0.2, 0) is 4.74 Å². The molecule has 0 aromatic carbocycles. The predicted molar refractivity (Wildman–Crippen MR) is 66.6 cm³/mol. The topological polar surface area (TPSA) is 38.5 Å². The third-order valence-electron chi connectivity index (χ3n) is 2.27. The second-order valence-electron chi connectivity index (χ2n) is 5.85. The van der Waals surface area contributed by atoms with E-state index in [4.69, 9.17) is 10.5 Å². The highest BCUT2D eigenvalue weighted by Crippen LogP contribution is 2.21. The van der Waals surface area contributed by atoms with Gasteiger partial charge in [0.2, 0.25) is 0 Å². The minimum Gasteiger partial charge on any atom is -0.370 e. The molecule has 4 heteroatoms. The minimum atomic E-state index is -0.118. The first kappa shape index (κ1) is 15.2. The van der Waals surface area contributed by atoms with Crippen molar-refractivity contribution in [1.29, 1.82) is 0 Å². The molecule has 0 spiro atoms. The van der Waals surface area contributed by atoms with Crippen molar-refractivity contribution in [2.75, 3.05) is 19.6 Å². The molecule has 0 radical (unpaired) electrons. The first-order chi connectivity index (χ1) is 6.18. The summed E-state index contributed by atoms with van der Waals surface area (Å²) in [4.78, 5) is 2.40. The van der Waals surface area contributed by atoms with Crippen LogP contribution in [0, 0.1) is 0 Å². The van der Waals surface area contributed by atoms with Crippen LogP contribution in [0.3, 0.4) is 0 Å². The number of morpholine rings is 1. The summed E-state index contributed by atoms with van der Waals surface area (Å²) in [5.74, 6) is 0. The molecule has 1 heterocycles. The van der Waals surface area contributed by atoms with Gasteiger partial charge in [0, 0.05) is 25.2 Å². The van der Waals surface area contributed by atoms with Crippen LogP contribution < -0.4 is 5.73 Å². The summed E-state index contributed by atoms with van der Waals surface area (Å²) in [7, 11) is 0. The van der Waals surface area contributed by atoms with Gasteiger partial charge in [0.25, 0.3) is 0 Å². The summed E-state index contributed by atoms with van der Waals surface area (Å²) in [6.07, 6.45) is 0.307. The van der Waals surface area contributed by atoms with Crippen molar-refractivity contribution in [2.24, 2.45) is 5.73 Å². The van der Waals surface area contributed by atoms with E-state index < -0.39 is 0 Å². The largest absolute Gasteiger partial charge is 0.370 e. The van der Waals surface area contributed by atoms with Crippen LogP contribution in [0.15, 0.2) is 0 Å². The summed E-state index contributed by atoms with van der Waals surface area (Å²) in [6.45, 7) is 13.4. The molecule has 1 atom stereocenters. The fourth-order valence-corrected chi connectivity index (χ4v) is 2.28. The fraction of sp³-hybridized carbons (Fsp3) is 1.00. The molecule has 1 aliphatic rings. The first-order valence-electron chi connectivity index (χ1n) is 5.37. The number of ether oxygens (including phenoxy) is 1. The third kappa shape index (κ3) is 5.71. The van der Waals surface area contributed by atoms with Gasteiger partial charge < -0.3 is 10.5 Å². The molecule has 3 nitrogen and oxygen atoms in total. The van der Waals surface area contributed by atoms with E-state index >= 15 is 0 Å². The molecule has 0 bridgehead atoms. The number of halogens is 1. The van der Waals surface area contributed by atoms with E-state index in [1.807, 2.05) is 0 Å². The average molecular weight is 237 g/mol. The van der Waals surface area contributed by atoms with E-state index in [0.29, 0.717) is 6.10 Å². The molecule has 92 valence electrons. The Kier molecular flexibility index (Phi) is 5.06. The van der Waals surface area contributed by atoms with Gasteiger partial charge in [-0.05, 0) is 34.6 Å². The van der Waals surface area contributed by atoms with E-state index in [1.54, 1.807) is 0 Å². The Morgan fingerprint density at radius 1 is 1.47 bits per heavy atom. The van der Waals surface area contributed by atoms with E-state index in [-0.39, 0.29) is 23.5 Å². The fourth-order valence-electron chi connectivity index (χ4n) is 2.28. The molecule has 1 aliphatic heterocycles. The van der Waals surface area contributed by atoms with Crippen LogP contribution in [0.1, 0.15) is 34.6 Å². The van der Waals surface area contributed by atoms with Crippen molar-refractivity contribution in [3.05, 3.63) is 0 Å². The second-order valence-corrected chi connectivity index (χ2v) is 5.85. The standard InChI is InChI=1S/C11H24N2O.ClH/c1-9-6-13(7-10(2,3)12)8-11(4,5)14-9;/h9H,6-8,12H2,1-5H3;1H. The van der Waals surface area contributed by atoms with Gasteiger partial charge >= 0.3 is 0 Å². The van der Waals surface area contributed by atoms with E-state index in [0.717, 1.165) is 19.6 Å². The number of hydrogen-bond acceptors (Lipinski definition) is 3. The van der Waals surface area contributed by atoms with Crippen LogP contribution >= 0.6 is 12.4 Å². The minimum absolute atomic E-state index is 0. The Morgan fingerprint density at radius 3 is 2.40 bits per heavy atom. The molecule has 1 saturated heterocycles. The third-order valence-corrected chi connectivity index (χ3v) is 2.27. The average Bonchev–Trinajstić information content (AvgIpc) is 1.74. The number of hydrogen-bond donors (Lipinski definition) is 1. The zero-order chi connectivity index (χ0) is 11.0. The molecule has 0 aromatic rings. The van der Waals surface area contributed by atoms with Gasteiger partial charge in [-0.25, -0.2) is 0 Å². The van der Waals surface area contributed by atoms with E-state index in [2.05, 4.69) is 39.5 Å². The zero-order valence-electron chi connectivity index (χ0n) is 10.5. The summed E-state index contributed by atoms with van der Waals surface area (Å²) >= 11 is 0. The lowest BCUT2D eigenvalue weighted by molar-refractivity contribution is -0.131. The van der Waals surface area contributed by atoms with Crippen LogP contribution in [0.25, 0.3) is 0 Å². The molecule has 2 N–H and O–H groups in total. The number of nitrogens with zero attached hydrogens (tertiary/aromatic N) is 1. The molecule has 1 unspecified atom stereocenters. The lowest BCUT2D eigenvalue weighted by Gasteiger charge is -2.43. The molecule has 1 fully saturated rings. The Labute approximate surface area is 99.7 Å². The lowest BCUT2D eigenvalue weighted by Crippen LogP contribution is -2.56. The van der Waals surface area contributed by atoms with Crippen LogP contribution in [0.4, 0.5) is 0 Å². The second kappa shape index (κ2) is 5.00. The highest BCUT2D eigenvalue weighted by molar-refractivity contribution is 5.85. The van der Waals surface area contributed by atoms with Gasteiger partial charge in [0.05, 0.1) is 11.7 Å². The van der Waals surface area contributed by atoms with E-state index in [1.165, 1.54) is 0 Å². The smallest absolute Gasteiger partial charge is 0.0757 e. The monoisotopic (exact) mass is 236 g/mol. The zero-order valence-corrected chi connectivity index (χ0v) is 11.4. The Balaban J connectivity index is 0.00000196. The Hall–Kier alpha value is 0.170. The van der Waals surface area contributed by atoms with E-state index in [9.17, 15) is 0 Å². The molecular formula is C11H25ClN2O. The maximum absolute atomic E-state index is 6.02. The van der Waals surface area contributed by atoms with Crippen molar-refractivity contribution in [3.8, 4) is 0 Å². The van der Waals surface area contributed by atoms with Crippen molar-refractivity contribution >= 4 is 12.4 Å². The Morgan fingerprint density at radius 2 is 2.00 bits per heavy atom. The van der Waals surface area contributed by atoms with Gasteiger partial charge in [0.15, 0.2) is 0 Å². The molecule has 0 aliphatic carbocycles. The van der Waals surface area contributed by atoms with Gasteiger partial charge in [-0.15, -0.1) is 12.4 Å². The summed E-state index contributed by atoms with van der Waals surface area (Å²) < 4.78 is 5.84. The quantitative estimate of drug-likeness (QED) is 0.793. The maximum Gasteiger partial charge on any atom is 0.0757 e. The SMILES string of the molecule is CC1CN(CC(C)(C)N)CC(C)(C)O1.Cl. The van der Waals surface area contributed by atoms with Gasteiger partial charge in [0.1, 0.15) is 0 Å². The number of nitrogens with two attached hydrogens (primary N) is 1. The molecule has 0 amide bonds. The highest BCUT2D eigenvalue weighted by Gasteiger charge is 2.32. The van der Waals surface area contributed by atoms with Crippen molar-refractivity contribution in [1.82, 2.24) is 4.90 Å². The van der Waals surface area contributed by atoms with Crippen molar-refractivity contribution in [3.63, 3.8) is 0 Å². The van der Waals surface area contributed by atoms with Crippen LogP contribution in [0.2, 0.25) is 0 Å². The predicted octanol–water partition coefficient (Wildman–Crippen LogP) is 1.64. The maximum atomic E-state index is 6.02. The van der Waals surface area contributed by atoms with Gasteiger partial charge in [-0.1, -0.05) is 0 Å². The molecule has 0 saturated carbocycles. The lowest BCUT2D eigenvalue weighted by atomic mass is 10.0. The summed E-state index contributed by atoms with van der Waals surface area (Å²) in [5, 5.41) is 0. The Bertz CT molecular complexity index is 199. The molecule has 15 heavy (non-hydrogen) atoms. The summed E-state index contributed by atoms with van der Waals surface area (Å²) in [6, 6.07) is 0. The van der Waals surface area contributed by atoms with Crippen LogP contribution in [-0.4, -0.2) is 41.8 Å². The molecule has 1 rings (SSSR count). The van der Waals surface area contributed by atoms with Gasteiger partial charge in [-0.2, -0.15) is 0 Å². The molecule has 0 aromatic heterocycles. The van der Waals surface area contributed by atoms with Crippen LogP contribution in [0.5, 0.6) is 0 Å². The first-order valence-corrected chi connectivity index (χ1v) is 5.37.